The molecule has 1 aromatic heterocycles. The molecule has 0 spiro atoms. The highest BCUT2D eigenvalue weighted by Crippen LogP contribution is 2.18. The van der Waals surface area contributed by atoms with Crippen LogP contribution in [0.15, 0.2) is 36.5 Å². The Morgan fingerprint density at radius 3 is 2.96 bits per heavy atom. The zero-order chi connectivity index (χ0) is 16.9. The third kappa shape index (κ3) is 3.32. The van der Waals surface area contributed by atoms with Gasteiger partial charge in [-0.2, -0.15) is 0 Å². The fourth-order valence-electron chi connectivity index (χ4n) is 3.22. The van der Waals surface area contributed by atoms with Crippen molar-refractivity contribution in [3.8, 4) is 0 Å². The number of likely N-dealkylation sites (tertiary alicyclic amines) is 1. The van der Waals surface area contributed by atoms with Crippen molar-refractivity contribution in [2.45, 2.75) is 25.3 Å². The molecule has 1 aromatic carbocycles. The van der Waals surface area contributed by atoms with Gasteiger partial charge in [-0.05, 0) is 30.9 Å². The smallest absolute Gasteiger partial charge is 0.318 e. The fraction of sp³-hybridized carbons (Fsp3) is 0.389. The first kappa shape index (κ1) is 16.2. The van der Waals surface area contributed by atoms with Crippen molar-refractivity contribution in [3.63, 3.8) is 0 Å². The van der Waals surface area contributed by atoms with Gasteiger partial charge in [-0.1, -0.05) is 24.3 Å². The third-order valence-corrected chi connectivity index (χ3v) is 4.45. The Bertz CT molecular complexity index is 741. The molecule has 1 saturated heterocycles. The van der Waals surface area contributed by atoms with Gasteiger partial charge < -0.3 is 15.5 Å². The predicted molar refractivity (Wildman–Crippen MR) is 92.6 cm³/mol. The molecule has 2 N–H and O–H groups in total. The second kappa shape index (κ2) is 7.29. The number of fused-ring (bicyclic) bond motifs is 1. The van der Waals surface area contributed by atoms with Crippen LogP contribution in [0, 0.1) is 0 Å². The maximum absolute atomic E-state index is 12.3. The molecule has 126 valence electrons. The van der Waals surface area contributed by atoms with Gasteiger partial charge in [0.15, 0.2) is 0 Å². The van der Waals surface area contributed by atoms with Gasteiger partial charge in [0.1, 0.15) is 6.04 Å². The minimum Gasteiger partial charge on any atom is -0.357 e. The summed E-state index contributed by atoms with van der Waals surface area (Å²) in [5.74, 6) is -0.0964. The predicted octanol–water partition coefficient (Wildman–Crippen LogP) is 1.70. The van der Waals surface area contributed by atoms with Crippen molar-refractivity contribution >= 4 is 22.8 Å². The van der Waals surface area contributed by atoms with E-state index in [1.54, 1.807) is 18.1 Å². The van der Waals surface area contributed by atoms with E-state index in [0.717, 1.165) is 29.3 Å². The zero-order valence-corrected chi connectivity index (χ0v) is 13.8. The van der Waals surface area contributed by atoms with Crippen LogP contribution >= 0.6 is 0 Å². The monoisotopic (exact) mass is 326 g/mol. The minimum absolute atomic E-state index is 0.0964. The molecule has 1 fully saturated rings. The van der Waals surface area contributed by atoms with Crippen molar-refractivity contribution < 1.29 is 9.59 Å². The number of carbonyl (C=O) groups excluding carboxylic acids is 2. The van der Waals surface area contributed by atoms with Crippen molar-refractivity contribution in [1.29, 1.82) is 0 Å². The number of aromatic nitrogens is 1. The number of rotatable bonds is 4. The topological polar surface area (TPSA) is 74.3 Å². The van der Waals surface area contributed by atoms with E-state index in [9.17, 15) is 9.59 Å². The molecule has 0 aliphatic carbocycles. The first-order chi connectivity index (χ1) is 11.7. The Morgan fingerprint density at radius 1 is 1.29 bits per heavy atom. The van der Waals surface area contributed by atoms with Crippen LogP contribution in [0.1, 0.15) is 18.4 Å². The summed E-state index contributed by atoms with van der Waals surface area (Å²) in [4.78, 5) is 30.2. The lowest BCUT2D eigenvalue weighted by molar-refractivity contribution is -0.124. The standard InChI is InChI=1S/C18H22N4O2/c1-19-17(23)15-8-4-12-22(15)18(24)21-11-9-14-6-2-5-13-7-3-10-20-16(13)14/h2-3,5-7,10,15H,4,8-9,11-12H2,1H3,(H,19,23)(H,21,24)/t15-/m0/s1. The van der Waals surface area contributed by atoms with Crippen molar-refractivity contribution in [2.24, 2.45) is 0 Å². The second-order valence-electron chi connectivity index (χ2n) is 5.94. The summed E-state index contributed by atoms with van der Waals surface area (Å²) < 4.78 is 0. The number of nitrogens with zero attached hydrogens (tertiary/aromatic N) is 2. The summed E-state index contributed by atoms with van der Waals surface area (Å²) in [6.07, 6.45) is 4.07. The van der Waals surface area contributed by atoms with Gasteiger partial charge in [0.05, 0.1) is 5.52 Å². The van der Waals surface area contributed by atoms with E-state index in [1.807, 2.05) is 30.3 Å². The number of carbonyl (C=O) groups is 2. The number of hydrogen-bond acceptors (Lipinski definition) is 3. The first-order valence-electron chi connectivity index (χ1n) is 8.29. The average molecular weight is 326 g/mol. The summed E-state index contributed by atoms with van der Waals surface area (Å²) in [5, 5.41) is 6.65. The Kier molecular flexibility index (Phi) is 4.93. The zero-order valence-electron chi connectivity index (χ0n) is 13.8. The Labute approximate surface area is 141 Å². The van der Waals surface area contributed by atoms with E-state index >= 15 is 0 Å². The number of benzene rings is 1. The van der Waals surface area contributed by atoms with Gasteiger partial charge in [-0.25, -0.2) is 4.79 Å². The molecular weight excluding hydrogens is 304 g/mol. The second-order valence-corrected chi connectivity index (χ2v) is 5.94. The van der Waals surface area contributed by atoms with Crippen LogP contribution < -0.4 is 10.6 Å². The van der Waals surface area contributed by atoms with E-state index in [4.69, 9.17) is 0 Å². The summed E-state index contributed by atoms with van der Waals surface area (Å²) in [6, 6.07) is 9.49. The number of pyridine rings is 1. The lowest BCUT2D eigenvalue weighted by Gasteiger charge is -2.23. The molecule has 6 heteroatoms. The lowest BCUT2D eigenvalue weighted by atomic mass is 10.1. The van der Waals surface area contributed by atoms with E-state index < -0.39 is 0 Å². The molecule has 0 saturated carbocycles. The highest BCUT2D eigenvalue weighted by Gasteiger charge is 2.33. The van der Waals surface area contributed by atoms with E-state index in [-0.39, 0.29) is 18.0 Å². The summed E-state index contributed by atoms with van der Waals surface area (Å²) in [5.41, 5.74) is 2.08. The SMILES string of the molecule is CNC(=O)[C@@H]1CCCN1C(=O)NCCc1cccc2cccnc12. The van der Waals surface area contributed by atoms with Crippen LogP contribution in [0.4, 0.5) is 4.79 Å². The molecule has 1 atom stereocenters. The van der Waals surface area contributed by atoms with Crippen molar-refractivity contribution in [3.05, 3.63) is 42.1 Å². The molecule has 1 aliphatic rings. The van der Waals surface area contributed by atoms with E-state index in [2.05, 4.69) is 15.6 Å². The average Bonchev–Trinajstić information content (AvgIpc) is 3.11. The maximum Gasteiger partial charge on any atom is 0.318 e. The van der Waals surface area contributed by atoms with Crippen LogP contribution in [0.2, 0.25) is 0 Å². The van der Waals surface area contributed by atoms with Gasteiger partial charge in [-0.3, -0.25) is 9.78 Å². The molecule has 24 heavy (non-hydrogen) atoms. The molecule has 3 rings (SSSR count). The highest BCUT2D eigenvalue weighted by atomic mass is 16.2. The van der Waals surface area contributed by atoms with E-state index in [1.165, 1.54) is 0 Å². The minimum atomic E-state index is -0.353. The number of amides is 3. The van der Waals surface area contributed by atoms with Gasteiger partial charge >= 0.3 is 6.03 Å². The van der Waals surface area contributed by atoms with Crippen LogP contribution in [-0.4, -0.2) is 48.0 Å². The van der Waals surface area contributed by atoms with Crippen LogP contribution in [0.5, 0.6) is 0 Å². The summed E-state index contributed by atoms with van der Waals surface area (Å²) in [7, 11) is 1.60. The van der Waals surface area contributed by atoms with Crippen LogP contribution in [0.25, 0.3) is 10.9 Å². The molecule has 1 aliphatic heterocycles. The molecule has 0 bridgehead atoms. The molecule has 3 amide bonds. The van der Waals surface area contributed by atoms with Crippen molar-refractivity contribution in [2.75, 3.05) is 20.1 Å². The normalized spacial score (nSPS) is 17.0. The Morgan fingerprint density at radius 2 is 2.12 bits per heavy atom. The number of likely N-dealkylation sites (N-methyl/N-ethyl adjacent to an activating group) is 1. The van der Waals surface area contributed by atoms with Gasteiger partial charge in [0, 0.05) is 31.7 Å². The molecule has 6 nitrogen and oxygen atoms in total. The number of hydrogen-bond donors (Lipinski definition) is 2. The summed E-state index contributed by atoms with van der Waals surface area (Å²) >= 11 is 0. The maximum atomic E-state index is 12.3. The van der Waals surface area contributed by atoms with Gasteiger partial charge in [-0.15, -0.1) is 0 Å². The Hall–Kier alpha value is -2.63. The Balaban J connectivity index is 1.59. The van der Waals surface area contributed by atoms with Crippen LogP contribution in [-0.2, 0) is 11.2 Å². The quantitative estimate of drug-likeness (QED) is 0.898. The molecule has 0 radical (unpaired) electrons. The van der Waals surface area contributed by atoms with Crippen LogP contribution in [0.3, 0.4) is 0 Å². The molecule has 2 heterocycles. The number of para-hydroxylation sites is 1. The van der Waals surface area contributed by atoms with Gasteiger partial charge in [0.25, 0.3) is 0 Å². The van der Waals surface area contributed by atoms with Crippen molar-refractivity contribution in [1.82, 2.24) is 20.5 Å². The molecular formula is C18H22N4O2. The van der Waals surface area contributed by atoms with E-state index in [0.29, 0.717) is 19.5 Å². The molecule has 0 unspecified atom stereocenters. The summed E-state index contributed by atoms with van der Waals surface area (Å²) in [6.45, 7) is 1.14. The highest BCUT2D eigenvalue weighted by molar-refractivity contribution is 5.87. The third-order valence-electron chi connectivity index (χ3n) is 4.45. The first-order valence-corrected chi connectivity index (χ1v) is 8.29. The number of urea groups is 1. The molecule has 2 aromatic rings. The fourth-order valence-corrected chi connectivity index (χ4v) is 3.22. The lowest BCUT2D eigenvalue weighted by Crippen LogP contribution is -2.49. The largest absolute Gasteiger partial charge is 0.357 e. The number of nitrogens with one attached hydrogen (secondary N) is 2. The van der Waals surface area contributed by atoms with Gasteiger partial charge in [0.2, 0.25) is 5.91 Å².